The van der Waals surface area contributed by atoms with Crippen LogP contribution in [0.4, 0.5) is 0 Å². The predicted octanol–water partition coefficient (Wildman–Crippen LogP) is 4.59. The van der Waals surface area contributed by atoms with Crippen molar-refractivity contribution in [2.75, 3.05) is 0 Å². The second-order valence-electron chi connectivity index (χ2n) is 8.60. The van der Waals surface area contributed by atoms with Crippen LogP contribution in [0.5, 0.6) is 0 Å². The van der Waals surface area contributed by atoms with E-state index >= 15 is 0 Å². The van der Waals surface area contributed by atoms with E-state index in [4.69, 9.17) is 0 Å². The molecule has 0 saturated heterocycles. The Labute approximate surface area is 138 Å². The number of rotatable bonds is 2. The Kier molecular flexibility index (Phi) is 7.05. The minimum atomic E-state index is -1.36. The van der Waals surface area contributed by atoms with Crippen LogP contribution in [0, 0.1) is 0 Å². The number of allylic oxidation sites excluding steroid dienone is 4. The van der Waals surface area contributed by atoms with Crippen LogP contribution in [-0.4, -0.2) is 38.6 Å². The van der Waals surface area contributed by atoms with E-state index in [0.29, 0.717) is 6.42 Å². The molecule has 0 aromatic rings. The molecule has 0 unspecified atom stereocenters. The van der Waals surface area contributed by atoms with Gasteiger partial charge in [-0.15, -0.1) is 0 Å². The van der Waals surface area contributed by atoms with E-state index in [1.54, 1.807) is 0 Å². The summed E-state index contributed by atoms with van der Waals surface area (Å²) < 4.78 is 0. The molecule has 0 saturated carbocycles. The van der Waals surface area contributed by atoms with Gasteiger partial charge < -0.3 is 10.2 Å². The Morgan fingerprint density at radius 3 is 1.68 bits per heavy atom. The highest BCUT2D eigenvalue weighted by Gasteiger charge is 2.36. The van der Waals surface area contributed by atoms with Gasteiger partial charge in [0, 0.05) is 0 Å². The fourth-order valence-electron chi connectivity index (χ4n) is 2.83. The molecule has 2 aliphatic rings. The van der Waals surface area contributed by atoms with E-state index in [9.17, 15) is 10.2 Å². The van der Waals surface area contributed by atoms with Crippen LogP contribution in [0.1, 0.15) is 12.8 Å². The Hall–Kier alpha value is -0.426. The quantitative estimate of drug-likeness (QED) is 0.571. The summed E-state index contributed by atoms with van der Waals surface area (Å²) in [5.74, 6) is 0. The lowest BCUT2D eigenvalue weighted by molar-refractivity contribution is 0.0182. The Morgan fingerprint density at radius 2 is 1.32 bits per heavy atom. The molecule has 0 spiro atoms. The van der Waals surface area contributed by atoms with E-state index in [0.717, 1.165) is 12.0 Å². The molecule has 2 N–H and O–H groups in total. The first kappa shape index (κ1) is 19.6. The van der Waals surface area contributed by atoms with Crippen LogP contribution in [0.2, 0.25) is 50.4 Å². The van der Waals surface area contributed by atoms with Gasteiger partial charge in [0.15, 0.2) is 0 Å². The second-order valence-corrected chi connectivity index (χ2v) is 19.4. The van der Waals surface area contributed by atoms with Crippen LogP contribution in [0.25, 0.3) is 0 Å². The molecule has 0 heterocycles. The maximum absolute atomic E-state index is 9.71. The van der Waals surface area contributed by atoms with Crippen molar-refractivity contribution in [3.63, 3.8) is 0 Å². The number of hydrogen-bond donors (Lipinski definition) is 2. The summed E-state index contributed by atoms with van der Waals surface area (Å²) in [6.45, 7) is 13.9. The molecule has 2 nitrogen and oxygen atoms in total. The van der Waals surface area contributed by atoms with Crippen LogP contribution in [0.3, 0.4) is 0 Å². The molecule has 0 aliphatic heterocycles. The number of hydrogen-bond acceptors (Lipinski definition) is 2. The summed E-state index contributed by atoms with van der Waals surface area (Å²) >= 11 is 0. The van der Waals surface area contributed by atoms with Crippen molar-refractivity contribution < 1.29 is 10.2 Å². The number of aliphatic hydroxyl groups is 2. The van der Waals surface area contributed by atoms with Crippen molar-refractivity contribution in [1.29, 1.82) is 0 Å². The highest BCUT2D eigenvalue weighted by atomic mass is 28.3. The topological polar surface area (TPSA) is 40.5 Å². The third kappa shape index (κ3) is 5.99. The van der Waals surface area contributed by atoms with Gasteiger partial charge in [0.05, 0.1) is 28.4 Å². The first-order chi connectivity index (χ1) is 10.0. The summed E-state index contributed by atoms with van der Waals surface area (Å²) in [6, 6.07) is 0. The first-order valence-electron chi connectivity index (χ1n) is 8.39. The standard InChI is InChI=1S/C9H18O2Si.C9H16Si/c1-12(2,3)8-6-4-5-7(10)9(8)11;1-10(2,3)9-7-5-4-6-8-9/h4,6-11H,5H2,1-3H3;5-9H,4H2,1-3H3/t7-,8-,9-;/m0./s1. The third-order valence-corrected chi connectivity index (χ3v) is 9.36. The maximum atomic E-state index is 9.71. The maximum Gasteiger partial charge on any atom is 0.0840 e. The SMILES string of the molecule is C[Si](C)(C)C1C=CCC=C1.C[Si](C)(C)[C@H]1C=CC[C@H](O)[C@@H]1O. The molecular weight excluding hydrogens is 304 g/mol. The summed E-state index contributed by atoms with van der Waals surface area (Å²) in [6.07, 6.45) is 14.0. The van der Waals surface area contributed by atoms with Crippen molar-refractivity contribution in [3.05, 3.63) is 36.5 Å². The monoisotopic (exact) mass is 338 g/mol. The summed E-state index contributed by atoms with van der Waals surface area (Å²) in [5.41, 5.74) is 0.988. The lowest BCUT2D eigenvalue weighted by atomic mass is 10.0. The molecule has 0 bridgehead atoms. The summed E-state index contributed by atoms with van der Waals surface area (Å²) in [7, 11) is -2.29. The highest BCUT2D eigenvalue weighted by Crippen LogP contribution is 2.32. The van der Waals surface area contributed by atoms with E-state index in [1.165, 1.54) is 0 Å². The molecule has 22 heavy (non-hydrogen) atoms. The van der Waals surface area contributed by atoms with Gasteiger partial charge in [-0.3, -0.25) is 0 Å². The van der Waals surface area contributed by atoms with Gasteiger partial charge in [0.2, 0.25) is 0 Å². The molecule has 0 aromatic heterocycles. The average Bonchev–Trinajstić information content (AvgIpc) is 2.41. The van der Waals surface area contributed by atoms with Crippen LogP contribution in [-0.2, 0) is 0 Å². The smallest absolute Gasteiger partial charge is 0.0840 e. The molecule has 0 radical (unpaired) electrons. The Bertz CT molecular complexity index is 415. The molecule has 0 amide bonds. The van der Waals surface area contributed by atoms with Gasteiger partial charge in [-0.05, 0) is 23.9 Å². The van der Waals surface area contributed by atoms with Gasteiger partial charge in [0.1, 0.15) is 0 Å². The minimum Gasteiger partial charge on any atom is -0.390 e. The lowest BCUT2D eigenvalue weighted by Crippen LogP contribution is -2.42. The summed E-state index contributed by atoms with van der Waals surface area (Å²) in [4.78, 5) is 0. The molecule has 0 aromatic carbocycles. The minimum absolute atomic E-state index is 0.209. The van der Waals surface area contributed by atoms with E-state index in [1.807, 2.05) is 6.08 Å². The van der Waals surface area contributed by atoms with Gasteiger partial charge in [-0.2, -0.15) is 0 Å². The fraction of sp³-hybridized carbons (Fsp3) is 0.667. The molecule has 126 valence electrons. The van der Waals surface area contributed by atoms with Gasteiger partial charge >= 0.3 is 0 Å². The normalized spacial score (nSPS) is 29.2. The van der Waals surface area contributed by atoms with Gasteiger partial charge in [0.25, 0.3) is 0 Å². The fourth-order valence-corrected chi connectivity index (χ4v) is 6.22. The van der Waals surface area contributed by atoms with Crippen molar-refractivity contribution >= 4 is 16.1 Å². The predicted molar refractivity (Wildman–Crippen MR) is 103 cm³/mol. The van der Waals surface area contributed by atoms with Crippen LogP contribution >= 0.6 is 0 Å². The van der Waals surface area contributed by atoms with Crippen molar-refractivity contribution in [1.82, 2.24) is 0 Å². The zero-order valence-corrected chi connectivity index (χ0v) is 17.1. The third-order valence-electron chi connectivity index (χ3n) is 4.44. The zero-order valence-electron chi connectivity index (χ0n) is 15.1. The van der Waals surface area contributed by atoms with Crippen molar-refractivity contribution in [3.8, 4) is 0 Å². The van der Waals surface area contributed by atoms with Crippen molar-refractivity contribution in [2.45, 2.75) is 75.4 Å². The van der Waals surface area contributed by atoms with Crippen LogP contribution < -0.4 is 0 Å². The second kappa shape index (κ2) is 7.91. The summed E-state index contributed by atoms with van der Waals surface area (Å²) in [5, 5.41) is 19.1. The van der Waals surface area contributed by atoms with E-state index in [-0.39, 0.29) is 5.54 Å². The van der Waals surface area contributed by atoms with E-state index < -0.39 is 28.4 Å². The molecular formula is C18H34O2Si2. The Balaban J connectivity index is 0.000000224. The molecule has 0 fully saturated rings. The van der Waals surface area contributed by atoms with E-state index in [2.05, 4.69) is 69.7 Å². The van der Waals surface area contributed by atoms with Crippen molar-refractivity contribution in [2.24, 2.45) is 0 Å². The first-order valence-corrected chi connectivity index (χ1v) is 15.5. The molecule has 3 atom stereocenters. The van der Waals surface area contributed by atoms with Gasteiger partial charge in [-0.1, -0.05) is 75.7 Å². The number of aliphatic hydroxyl groups excluding tert-OH is 2. The molecule has 2 rings (SSSR count). The molecule has 4 heteroatoms. The lowest BCUT2D eigenvalue weighted by Gasteiger charge is -2.35. The highest BCUT2D eigenvalue weighted by molar-refractivity contribution is 6.78. The molecule has 2 aliphatic carbocycles. The van der Waals surface area contributed by atoms with Crippen LogP contribution in [0.15, 0.2) is 36.5 Å². The largest absolute Gasteiger partial charge is 0.390 e. The zero-order chi connectivity index (χ0) is 17.0. The average molecular weight is 339 g/mol. The Morgan fingerprint density at radius 1 is 0.773 bits per heavy atom. The van der Waals surface area contributed by atoms with Gasteiger partial charge in [-0.25, -0.2) is 0 Å².